The summed E-state index contributed by atoms with van der Waals surface area (Å²) < 4.78 is 1.86. The van der Waals surface area contributed by atoms with Gasteiger partial charge < -0.3 is 9.88 Å². The number of hydrogen-bond donors (Lipinski definition) is 1. The third-order valence-corrected chi connectivity index (χ3v) is 4.54. The molecular weight excluding hydrogens is 274 g/mol. The van der Waals surface area contributed by atoms with Crippen molar-refractivity contribution in [2.45, 2.75) is 25.8 Å². The lowest BCUT2D eigenvalue weighted by atomic mass is 10.1. The van der Waals surface area contributed by atoms with E-state index in [1.54, 1.807) is 12.7 Å². The molecule has 3 heterocycles. The van der Waals surface area contributed by atoms with E-state index < -0.39 is 0 Å². The average Bonchev–Trinajstić information content (AvgIpc) is 3.27. The van der Waals surface area contributed by atoms with Gasteiger partial charge in [-0.25, -0.2) is 9.67 Å². The van der Waals surface area contributed by atoms with Crippen molar-refractivity contribution in [1.82, 2.24) is 24.6 Å². The molecule has 3 aromatic rings. The number of aromatic amines is 1. The van der Waals surface area contributed by atoms with Crippen LogP contribution in [0.2, 0.25) is 0 Å². The van der Waals surface area contributed by atoms with Gasteiger partial charge in [0.2, 0.25) is 0 Å². The fourth-order valence-corrected chi connectivity index (χ4v) is 3.32. The fraction of sp³-hybridized carbons (Fsp3) is 0.412. The first kappa shape index (κ1) is 13.5. The first-order valence-corrected chi connectivity index (χ1v) is 8.02. The number of nitrogens with one attached hydrogen (secondary N) is 1. The Kier molecular flexibility index (Phi) is 3.64. The number of aromatic nitrogens is 4. The van der Waals surface area contributed by atoms with Crippen LogP contribution in [-0.4, -0.2) is 44.3 Å². The zero-order valence-electron chi connectivity index (χ0n) is 12.7. The molecule has 0 saturated carbocycles. The fourth-order valence-electron chi connectivity index (χ4n) is 3.32. The van der Waals surface area contributed by atoms with Gasteiger partial charge in [-0.3, -0.25) is 0 Å². The molecule has 0 radical (unpaired) electrons. The summed E-state index contributed by atoms with van der Waals surface area (Å²) >= 11 is 0. The number of benzene rings is 1. The van der Waals surface area contributed by atoms with Gasteiger partial charge in [0.1, 0.15) is 12.7 Å². The topological polar surface area (TPSA) is 49.7 Å². The molecule has 2 aromatic heterocycles. The lowest BCUT2D eigenvalue weighted by molar-refractivity contribution is 0.344. The predicted molar refractivity (Wildman–Crippen MR) is 86.8 cm³/mol. The van der Waals surface area contributed by atoms with E-state index in [9.17, 15) is 0 Å². The number of fused-ring (bicyclic) bond motifs is 1. The SMILES string of the molecule is c1ncn(Cc2ccc3[nH]cc(CCN4CCCC4)c3c2)n1. The summed E-state index contributed by atoms with van der Waals surface area (Å²) in [4.78, 5) is 9.97. The van der Waals surface area contributed by atoms with Crippen LogP contribution in [0.5, 0.6) is 0 Å². The number of rotatable bonds is 5. The smallest absolute Gasteiger partial charge is 0.137 e. The number of hydrogen-bond acceptors (Lipinski definition) is 3. The Morgan fingerprint density at radius 1 is 1.18 bits per heavy atom. The van der Waals surface area contributed by atoms with Crippen LogP contribution >= 0.6 is 0 Å². The lowest BCUT2D eigenvalue weighted by Gasteiger charge is -2.13. The maximum absolute atomic E-state index is 4.18. The Morgan fingerprint density at radius 2 is 2.09 bits per heavy atom. The monoisotopic (exact) mass is 295 g/mol. The van der Waals surface area contributed by atoms with Crippen molar-refractivity contribution in [3.8, 4) is 0 Å². The molecule has 22 heavy (non-hydrogen) atoms. The standard InChI is InChI=1S/C17H21N5/c1-2-7-21(6-1)8-5-15-10-19-17-4-3-14(9-16(15)17)11-22-13-18-12-20-22/h3-4,9-10,12-13,19H,1-2,5-8,11H2. The largest absolute Gasteiger partial charge is 0.361 e. The van der Waals surface area contributed by atoms with Crippen molar-refractivity contribution < 1.29 is 0 Å². The molecule has 5 nitrogen and oxygen atoms in total. The van der Waals surface area contributed by atoms with E-state index in [0.717, 1.165) is 13.0 Å². The molecule has 0 spiro atoms. The van der Waals surface area contributed by atoms with Crippen molar-refractivity contribution in [2.24, 2.45) is 0 Å². The molecule has 1 saturated heterocycles. The zero-order valence-corrected chi connectivity index (χ0v) is 12.7. The van der Waals surface area contributed by atoms with Crippen molar-refractivity contribution in [3.05, 3.63) is 48.2 Å². The lowest BCUT2D eigenvalue weighted by Crippen LogP contribution is -2.21. The van der Waals surface area contributed by atoms with Crippen LogP contribution < -0.4 is 0 Å². The van der Waals surface area contributed by atoms with Crippen LogP contribution in [0, 0.1) is 0 Å². The third-order valence-electron chi connectivity index (χ3n) is 4.54. The van der Waals surface area contributed by atoms with Crippen molar-refractivity contribution in [1.29, 1.82) is 0 Å². The van der Waals surface area contributed by atoms with E-state index in [-0.39, 0.29) is 0 Å². The molecular formula is C17H21N5. The highest BCUT2D eigenvalue weighted by Gasteiger charge is 2.12. The van der Waals surface area contributed by atoms with E-state index in [1.165, 1.54) is 54.5 Å². The van der Waals surface area contributed by atoms with Gasteiger partial charge in [0.05, 0.1) is 6.54 Å². The summed E-state index contributed by atoms with van der Waals surface area (Å²) in [5.41, 5.74) is 3.90. The van der Waals surface area contributed by atoms with Crippen molar-refractivity contribution >= 4 is 10.9 Å². The summed E-state index contributed by atoms with van der Waals surface area (Å²) in [6.07, 6.45) is 9.34. The van der Waals surface area contributed by atoms with Gasteiger partial charge in [0.15, 0.2) is 0 Å². The van der Waals surface area contributed by atoms with Gasteiger partial charge in [0, 0.05) is 23.6 Å². The molecule has 5 heteroatoms. The molecule has 114 valence electrons. The van der Waals surface area contributed by atoms with Crippen LogP contribution in [0.4, 0.5) is 0 Å². The third kappa shape index (κ3) is 2.76. The highest BCUT2D eigenvalue weighted by atomic mass is 15.3. The van der Waals surface area contributed by atoms with Gasteiger partial charge in [-0.05, 0) is 55.6 Å². The van der Waals surface area contributed by atoms with Gasteiger partial charge in [0.25, 0.3) is 0 Å². The van der Waals surface area contributed by atoms with Crippen LogP contribution in [-0.2, 0) is 13.0 Å². The maximum Gasteiger partial charge on any atom is 0.137 e. The van der Waals surface area contributed by atoms with Crippen molar-refractivity contribution in [3.63, 3.8) is 0 Å². The average molecular weight is 295 g/mol. The molecule has 0 bridgehead atoms. The van der Waals surface area contributed by atoms with E-state index >= 15 is 0 Å². The highest BCUT2D eigenvalue weighted by molar-refractivity contribution is 5.83. The molecule has 0 aliphatic carbocycles. The quantitative estimate of drug-likeness (QED) is 0.786. The predicted octanol–water partition coefficient (Wildman–Crippen LogP) is 2.45. The minimum Gasteiger partial charge on any atom is -0.361 e. The molecule has 0 unspecified atom stereocenters. The van der Waals surface area contributed by atoms with E-state index in [1.807, 2.05) is 4.68 Å². The minimum absolute atomic E-state index is 0.771. The van der Waals surface area contributed by atoms with Crippen LogP contribution in [0.15, 0.2) is 37.1 Å². The molecule has 1 aliphatic heterocycles. The summed E-state index contributed by atoms with van der Waals surface area (Å²) in [6.45, 7) is 4.47. The Bertz CT molecular complexity index is 738. The Hall–Kier alpha value is -2.14. The van der Waals surface area contributed by atoms with Crippen molar-refractivity contribution in [2.75, 3.05) is 19.6 Å². The maximum atomic E-state index is 4.18. The summed E-state index contributed by atoms with van der Waals surface area (Å²) in [5.74, 6) is 0. The van der Waals surface area contributed by atoms with E-state index in [0.29, 0.717) is 0 Å². The van der Waals surface area contributed by atoms with Crippen LogP contribution in [0.3, 0.4) is 0 Å². The Labute approximate surface area is 130 Å². The zero-order chi connectivity index (χ0) is 14.8. The number of H-pyrrole nitrogens is 1. The highest BCUT2D eigenvalue weighted by Crippen LogP contribution is 2.21. The molecule has 0 atom stereocenters. The van der Waals surface area contributed by atoms with Gasteiger partial charge in [-0.2, -0.15) is 5.10 Å². The van der Waals surface area contributed by atoms with Gasteiger partial charge in [-0.1, -0.05) is 6.07 Å². The molecule has 1 N–H and O–H groups in total. The molecule has 0 amide bonds. The first-order valence-electron chi connectivity index (χ1n) is 8.02. The van der Waals surface area contributed by atoms with Gasteiger partial charge in [-0.15, -0.1) is 0 Å². The Balaban J connectivity index is 1.53. The minimum atomic E-state index is 0.771. The molecule has 4 rings (SSSR count). The van der Waals surface area contributed by atoms with E-state index in [2.05, 4.69) is 44.4 Å². The summed E-state index contributed by atoms with van der Waals surface area (Å²) in [7, 11) is 0. The van der Waals surface area contributed by atoms with Crippen LogP contribution in [0.1, 0.15) is 24.0 Å². The van der Waals surface area contributed by atoms with Crippen LogP contribution in [0.25, 0.3) is 10.9 Å². The summed E-state index contributed by atoms with van der Waals surface area (Å²) in [6, 6.07) is 6.61. The number of likely N-dealkylation sites (tertiary alicyclic amines) is 1. The second-order valence-electron chi connectivity index (χ2n) is 6.09. The molecule has 1 fully saturated rings. The van der Waals surface area contributed by atoms with E-state index in [4.69, 9.17) is 0 Å². The molecule has 1 aliphatic rings. The normalized spacial score (nSPS) is 15.8. The first-order chi connectivity index (χ1) is 10.9. The Morgan fingerprint density at radius 3 is 2.91 bits per heavy atom. The van der Waals surface area contributed by atoms with Gasteiger partial charge >= 0.3 is 0 Å². The number of nitrogens with zero attached hydrogens (tertiary/aromatic N) is 4. The second-order valence-corrected chi connectivity index (χ2v) is 6.09. The second kappa shape index (κ2) is 5.93. The molecule has 1 aromatic carbocycles. The summed E-state index contributed by atoms with van der Waals surface area (Å²) in [5, 5.41) is 5.53.